The molecule has 3 unspecified atom stereocenters. The fourth-order valence-corrected chi connectivity index (χ4v) is 7.02. The number of rotatable bonds is 9. The molecule has 8 heteroatoms. The van der Waals surface area contributed by atoms with Crippen molar-refractivity contribution in [3.8, 4) is 5.88 Å². The van der Waals surface area contributed by atoms with Crippen LogP contribution in [0, 0.1) is 23.2 Å². The van der Waals surface area contributed by atoms with Crippen molar-refractivity contribution in [1.82, 2.24) is 10.5 Å². The zero-order chi connectivity index (χ0) is 23.6. The summed E-state index contributed by atoms with van der Waals surface area (Å²) in [6, 6.07) is 0.0912. The van der Waals surface area contributed by atoms with Gasteiger partial charge in [-0.3, -0.25) is 9.59 Å². The molecule has 0 spiro atoms. The maximum absolute atomic E-state index is 13.3. The summed E-state index contributed by atoms with van der Waals surface area (Å²) in [5.41, 5.74) is 4.64. The molecule has 0 radical (unpaired) electrons. The predicted molar refractivity (Wildman–Crippen MR) is 128 cm³/mol. The molecule has 2 amide bonds. The highest BCUT2D eigenvalue weighted by Gasteiger charge is 2.36. The normalized spacial score (nSPS) is 26.7. The van der Waals surface area contributed by atoms with Crippen LogP contribution in [0.4, 0.5) is 0 Å². The first-order valence-corrected chi connectivity index (χ1v) is 13.5. The van der Waals surface area contributed by atoms with Crippen LogP contribution in [0.1, 0.15) is 95.5 Å². The average molecular weight is 478 g/mol. The summed E-state index contributed by atoms with van der Waals surface area (Å²) in [6.07, 6.45) is 12.4. The van der Waals surface area contributed by atoms with E-state index in [1.165, 1.54) is 51.4 Å². The Hall–Kier alpha value is -1.70. The van der Waals surface area contributed by atoms with E-state index in [9.17, 15) is 9.59 Å². The van der Waals surface area contributed by atoms with Crippen molar-refractivity contribution in [2.45, 2.75) is 101 Å². The average Bonchev–Trinajstić information content (AvgIpc) is 3.42. The first-order valence-electron chi connectivity index (χ1n) is 12.6. The van der Waals surface area contributed by atoms with Crippen molar-refractivity contribution in [1.29, 1.82) is 0 Å². The number of hydrogen-bond acceptors (Lipinski definition) is 6. The van der Waals surface area contributed by atoms with Crippen LogP contribution in [-0.4, -0.2) is 34.9 Å². The number of nitrogens with zero attached hydrogens (tertiary/aromatic N) is 1. The molecule has 1 aromatic heterocycles. The Morgan fingerprint density at radius 2 is 1.82 bits per heavy atom. The summed E-state index contributed by atoms with van der Waals surface area (Å²) in [5.74, 6) is 1.98. The number of nitrogens with one attached hydrogen (secondary N) is 1. The van der Waals surface area contributed by atoms with Gasteiger partial charge in [-0.1, -0.05) is 32.1 Å². The van der Waals surface area contributed by atoms with Gasteiger partial charge < -0.3 is 20.3 Å². The van der Waals surface area contributed by atoms with Gasteiger partial charge in [0.05, 0.1) is 5.41 Å². The van der Waals surface area contributed by atoms with Crippen LogP contribution in [0.2, 0.25) is 0 Å². The molecule has 3 fully saturated rings. The second-order valence-corrected chi connectivity index (χ2v) is 12.4. The van der Waals surface area contributed by atoms with Gasteiger partial charge in [-0.15, -0.1) is 11.8 Å². The summed E-state index contributed by atoms with van der Waals surface area (Å²) in [4.78, 5) is 25.6. The monoisotopic (exact) mass is 477 g/mol. The molecule has 3 aliphatic rings. The van der Waals surface area contributed by atoms with Gasteiger partial charge in [0, 0.05) is 11.3 Å². The molecule has 3 saturated carbocycles. The van der Waals surface area contributed by atoms with E-state index < -0.39 is 11.3 Å². The van der Waals surface area contributed by atoms with Gasteiger partial charge in [0.15, 0.2) is 0 Å². The van der Waals surface area contributed by atoms with E-state index in [0.717, 1.165) is 24.7 Å². The lowest BCUT2D eigenvalue weighted by molar-refractivity contribution is -0.127. The van der Waals surface area contributed by atoms with Gasteiger partial charge in [-0.2, -0.15) is 0 Å². The van der Waals surface area contributed by atoms with E-state index in [0.29, 0.717) is 16.1 Å². The van der Waals surface area contributed by atoms with Gasteiger partial charge in [0.2, 0.25) is 11.7 Å². The Bertz CT molecular complexity index is 837. The van der Waals surface area contributed by atoms with Gasteiger partial charge >= 0.3 is 0 Å². The Balaban J connectivity index is 1.46. The molecule has 3 N–H and O–H groups in total. The smallest absolute Gasteiger partial charge is 0.291 e. The minimum Gasteiger partial charge on any atom is -0.474 e. The number of amides is 2. The van der Waals surface area contributed by atoms with Gasteiger partial charge in [-0.05, 0) is 75.8 Å². The van der Waals surface area contributed by atoms with Crippen LogP contribution in [-0.2, 0) is 4.79 Å². The molecule has 1 aromatic rings. The van der Waals surface area contributed by atoms with Crippen LogP contribution in [0.3, 0.4) is 0 Å². The summed E-state index contributed by atoms with van der Waals surface area (Å²) >= 11 is 1.62. The molecular weight excluding hydrogens is 438 g/mol. The zero-order valence-corrected chi connectivity index (χ0v) is 21.0. The van der Waals surface area contributed by atoms with Crippen molar-refractivity contribution in [2.75, 3.05) is 6.61 Å². The largest absolute Gasteiger partial charge is 0.474 e. The topological polar surface area (TPSA) is 107 Å². The highest BCUT2D eigenvalue weighted by molar-refractivity contribution is 8.00. The molecule has 4 rings (SSSR count). The highest BCUT2D eigenvalue weighted by atomic mass is 32.2. The van der Waals surface area contributed by atoms with E-state index in [2.05, 4.69) is 17.4 Å². The second-order valence-electron chi connectivity index (χ2n) is 11.1. The lowest BCUT2D eigenvalue weighted by Crippen LogP contribution is -2.42. The number of primary amides is 1. The molecular formula is C25H39N3O4S. The molecule has 1 heterocycles. The number of ether oxygens (including phenoxy) is 1. The van der Waals surface area contributed by atoms with Crippen LogP contribution in [0.25, 0.3) is 0 Å². The van der Waals surface area contributed by atoms with Crippen molar-refractivity contribution in [3.05, 3.63) is 5.76 Å². The SMILES string of the molecule is CC(NC(=O)c1onc(OCC(C)(C)C(N)=O)c1SC1CCCC1)C1CC2CCCC(C2)C1. The molecule has 33 heavy (non-hydrogen) atoms. The van der Waals surface area contributed by atoms with Gasteiger partial charge in [-0.25, -0.2) is 0 Å². The van der Waals surface area contributed by atoms with Crippen molar-refractivity contribution in [3.63, 3.8) is 0 Å². The Morgan fingerprint density at radius 1 is 1.15 bits per heavy atom. The fourth-order valence-electron chi connectivity index (χ4n) is 5.68. The van der Waals surface area contributed by atoms with E-state index in [1.807, 2.05) is 0 Å². The van der Waals surface area contributed by atoms with E-state index in [4.69, 9.17) is 15.0 Å². The van der Waals surface area contributed by atoms with E-state index >= 15 is 0 Å². The summed E-state index contributed by atoms with van der Waals surface area (Å²) in [5, 5.41) is 7.70. The Morgan fingerprint density at radius 3 is 2.45 bits per heavy atom. The number of hydrogen-bond donors (Lipinski definition) is 2. The lowest BCUT2D eigenvalue weighted by atomic mass is 9.66. The molecule has 184 valence electrons. The molecule has 2 bridgehead atoms. The summed E-state index contributed by atoms with van der Waals surface area (Å²) in [6.45, 7) is 5.66. The summed E-state index contributed by atoms with van der Waals surface area (Å²) < 4.78 is 11.4. The van der Waals surface area contributed by atoms with Crippen LogP contribution in [0.15, 0.2) is 9.42 Å². The van der Waals surface area contributed by atoms with Crippen LogP contribution >= 0.6 is 11.8 Å². The second kappa shape index (κ2) is 10.3. The lowest BCUT2D eigenvalue weighted by Gasteiger charge is -2.41. The standard InChI is InChI=1S/C25H39N3O4S/c1-15(18-12-16-7-6-8-17(11-16)13-18)27-22(29)20-21(33-19-9-4-5-10-19)23(28-32-20)31-14-25(2,3)24(26)30/h15-19H,4-14H2,1-3H3,(H2,26,30)(H,27,29). The number of fused-ring (bicyclic) bond motifs is 2. The number of thioether (sulfide) groups is 1. The minimum absolute atomic E-state index is 0.0788. The molecule has 0 saturated heterocycles. The Labute approximate surface area is 201 Å². The summed E-state index contributed by atoms with van der Waals surface area (Å²) in [7, 11) is 0. The molecule has 0 aromatic carbocycles. The first-order chi connectivity index (χ1) is 15.7. The van der Waals surface area contributed by atoms with Crippen molar-refractivity contribution < 1.29 is 18.8 Å². The molecule has 7 nitrogen and oxygen atoms in total. The number of nitrogens with two attached hydrogens (primary N) is 1. The highest BCUT2D eigenvalue weighted by Crippen LogP contribution is 2.44. The third-order valence-corrected chi connectivity index (χ3v) is 9.28. The molecule has 3 atom stereocenters. The Kier molecular flexibility index (Phi) is 7.61. The molecule has 0 aliphatic heterocycles. The van der Waals surface area contributed by atoms with Crippen molar-refractivity contribution >= 4 is 23.6 Å². The van der Waals surface area contributed by atoms with Crippen LogP contribution < -0.4 is 15.8 Å². The minimum atomic E-state index is -0.843. The quantitative estimate of drug-likeness (QED) is 0.522. The van der Waals surface area contributed by atoms with Crippen LogP contribution in [0.5, 0.6) is 5.88 Å². The van der Waals surface area contributed by atoms with Gasteiger partial charge in [0.25, 0.3) is 11.8 Å². The van der Waals surface area contributed by atoms with Crippen molar-refractivity contribution in [2.24, 2.45) is 28.9 Å². The number of carbonyl (C=O) groups excluding carboxylic acids is 2. The fraction of sp³-hybridized carbons (Fsp3) is 0.800. The zero-order valence-electron chi connectivity index (χ0n) is 20.2. The van der Waals surface area contributed by atoms with Gasteiger partial charge in [0.1, 0.15) is 11.5 Å². The maximum Gasteiger partial charge on any atom is 0.291 e. The molecule has 3 aliphatic carbocycles. The maximum atomic E-state index is 13.3. The third kappa shape index (κ3) is 5.87. The first kappa shape index (κ1) is 24.4. The third-order valence-electron chi connectivity index (χ3n) is 7.88. The predicted octanol–water partition coefficient (Wildman–Crippen LogP) is 4.93. The van der Waals surface area contributed by atoms with E-state index in [-0.39, 0.29) is 30.2 Å². The van der Waals surface area contributed by atoms with E-state index in [1.54, 1.807) is 25.6 Å². The number of aromatic nitrogens is 1. The number of carbonyl (C=O) groups is 2.